The van der Waals surface area contributed by atoms with E-state index >= 15 is 0 Å². The van der Waals surface area contributed by atoms with Crippen molar-refractivity contribution in [2.45, 2.75) is 51.0 Å². The summed E-state index contributed by atoms with van der Waals surface area (Å²) in [7, 11) is 0. The molecule has 0 radical (unpaired) electrons. The van der Waals surface area contributed by atoms with Crippen LogP contribution in [0.25, 0.3) is 0 Å². The van der Waals surface area contributed by atoms with Gasteiger partial charge in [-0.2, -0.15) is 0 Å². The summed E-state index contributed by atoms with van der Waals surface area (Å²) in [6.45, 7) is 2.44. The number of aliphatic imine (C=N–C) groups is 1. The topological polar surface area (TPSA) is 15.6 Å². The van der Waals surface area contributed by atoms with Gasteiger partial charge in [0.2, 0.25) is 0 Å². The Morgan fingerprint density at radius 3 is 2.26 bits per heavy atom. The molecule has 2 aliphatic rings. The fourth-order valence-corrected chi connectivity index (χ4v) is 3.17. The summed E-state index contributed by atoms with van der Waals surface area (Å²) in [5.74, 6) is 0. The van der Waals surface area contributed by atoms with E-state index in [2.05, 4.69) is 35.4 Å². The Morgan fingerprint density at radius 2 is 1.58 bits per heavy atom. The smallest absolute Gasteiger partial charge is 0.0499 e. The van der Waals surface area contributed by atoms with Crippen LogP contribution in [0.15, 0.2) is 29.3 Å². The summed E-state index contributed by atoms with van der Waals surface area (Å²) in [4.78, 5) is 7.22. The van der Waals surface area contributed by atoms with Crippen molar-refractivity contribution in [1.29, 1.82) is 0 Å². The van der Waals surface area contributed by atoms with Crippen molar-refractivity contribution in [3.63, 3.8) is 0 Å². The van der Waals surface area contributed by atoms with Crippen LogP contribution in [0.5, 0.6) is 0 Å². The Morgan fingerprint density at radius 1 is 0.895 bits per heavy atom. The van der Waals surface area contributed by atoms with Gasteiger partial charge in [-0.1, -0.05) is 31.4 Å². The minimum absolute atomic E-state index is 0.576. The van der Waals surface area contributed by atoms with Gasteiger partial charge in [-0.05, 0) is 43.4 Å². The minimum atomic E-state index is 0.576. The number of hydrogen-bond donors (Lipinski definition) is 0. The molecule has 1 aliphatic carbocycles. The third-order valence-corrected chi connectivity index (χ3v) is 4.37. The van der Waals surface area contributed by atoms with Crippen LogP contribution in [-0.2, 0) is 0 Å². The minimum Gasteiger partial charge on any atom is -0.372 e. The molecule has 2 fully saturated rings. The normalized spacial score (nSPS) is 21.4. The van der Waals surface area contributed by atoms with Gasteiger partial charge >= 0.3 is 0 Å². The summed E-state index contributed by atoms with van der Waals surface area (Å²) >= 11 is 0. The molecule has 102 valence electrons. The van der Waals surface area contributed by atoms with E-state index in [1.165, 1.54) is 69.3 Å². The van der Waals surface area contributed by atoms with Gasteiger partial charge in [-0.15, -0.1) is 0 Å². The first-order valence-electron chi connectivity index (χ1n) is 7.80. The maximum absolute atomic E-state index is 4.74. The maximum atomic E-state index is 4.74. The second-order valence-electron chi connectivity index (χ2n) is 5.86. The van der Waals surface area contributed by atoms with Crippen LogP contribution in [0.4, 0.5) is 5.69 Å². The van der Waals surface area contributed by atoms with Crippen LogP contribution < -0.4 is 4.90 Å². The summed E-state index contributed by atoms with van der Waals surface area (Å²) < 4.78 is 0. The van der Waals surface area contributed by atoms with Crippen molar-refractivity contribution in [3.05, 3.63) is 29.8 Å². The van der Waals surface area contributed by atoms with Gasteiger partial charge in [0.05, 0.1) is 0 Å². The van der Waals surface area contributed by atoms with Gasteiger partial charge in [0.1, 0.15) is 0 Å². The molecule has 0 N–H and O–H groups in total. The molecule has 2 nitrogen and oxygen atoms in total. The van der Waals surface area contributed by atoms with E-state index in [9.17, 15) is 0 Å². The van der Waals surface area contributed by atoms with E-state index < -0.39 is 0 Å². The van der Waals surface area contributed by atoms with Crippen molar-refractivity contribution in [2.24, 2.45) is 4.99 Å². The lowest BCUT2D eigenvalue weighted by Crippen LogP contribution is -2.17. The maximum Gasteiger partial charge on any atom is 0.0499 e. The molecule has 1 saturated carbocycles. The highest BCUT2D eigenvalue weighted by Gasteiger charge is 2.12. The van der Waals surface area contributed by atoms with Crippen LogP contribution in [0.2, 0.25) is 0 Å². The summed E-state index contributed by atoms with van der Waals surface area (Å²) in [5, 5.41) is 0. The Bertz CT molecular complexity index is 409. The van der Waals surface area contributed by atoms with E-state index in [-0.39, 0.29) is 0 Å². The zero-order valence-electron chi connectivity index (χ0n) is 11.7. The average Bonchev–Trinajstić information content (AvgIpc) is 3.01. The SMILES string of the molecule is C(=NC1CCCCC1)c1ccc(N2CCCC2)cc1. The molecule has 1 heterocycles. The van der Waals surface area contributed by atoms with Crippen LogP contribution in [0, 0.1) is 0 Å². The van der Waals surface area contributed by atoms with Crippen LogP contribution in [0.1, 0.15) is 50.5 Å². The molecule has 1 aromatic rings. The molecule has 0 aromatic heterocycles. The second kappa shape index (κ2) is 6.23. The van der Waals surface area contributed by atoms with Crippen molar-refractivity contribution < 1.29 is 0 Å². The van der Waals surface area contributed by atoms with Crippen molar-refractivity contribution in [3.8, 4) is 0 Å². The number of benzene rings is 1. The van der Waals surface area contributed by atoms with Crippen molar-refractivity contribution in [1.82, 2.24) is 0 Å². The Hall–Kier alpha value is -1.31. The van der Waals surface area contributed by atoms with Gasteiger partial charge < -0.3 is 4.90 Å². The van der Waals surface area contributed by atoms with E-state index in [0.29, 0.717) is 6.04 Å². The molecule has 0 atom stereocenters. The zero-order valence-corrected chi connectivity index (χ0v) is 11.7. The first kappa shape index (κ1) is 12.7. The molecule has 0 spiro atoms. The molecule has 19 heavy (non-hydrogen) atoms. The molecule has 1 aromatic carbocycles. The Balaban J connectivity index is 1.60. The van der Waals surface area contributed by atoms with E-state index in [1.807, 2.05) is 0 Å². The molecule has 2 heteroatoms. The molecule has 0 bridgehead atoms. The van der Waals surface area contributed by atoms with Crippen LogP contribution >= 0.6 is 0 Å². The van der Waals surface area contributed by atoms with Gasteiger partial charge in [0, 0.05) is 31.0 Å². The Labute approximate surface area is 116 Å². The third-order valence-electron chi connectivity index (χ3n) is 4.37. The lowest BCUT2D eigenvalue weighted by molar-refractivity contribution is 0.444. The highest BCUT2D eigenvalue weighted by molar-refractivity contribution is 5.80. The molecular weight excluding hydrogens is 232 g/mol. The predicted molar refractivity (Wildman–Crippen MR) is 82.4 cm³/mol. The Kier molecular flexibility index (Phi) is 4.16. The summed E-state index contributed by atoms with van der Waals surface area (Å²) in [6.07, 6.45) is 11.4. The second-order valence-corrected chi connectivity index (χ2v) is 5.86. The summed E-state index contributed by atoms with van der Waals surface area (Å²) in [6, 6.07) is 9.48. The van der Waals surface area contributed by atoms with Crippen molar-refractivity contribution >= 4 is 11.9 Å². The monoisotopic (exact) mass is 256 g/mol. The lowest BCUT2D eigenvalue weighted by atomic mass is 9.96. The number of hydrogen-bond acceptors (Lipinski definition) is 2. The van der Waals surface area contributed by atoms with Crippen molar-refractivity contribution in [2.75, 3.05) is 18.0 Å². The molecule has 0 unspecified atom stereocenters. The molecule has 3 rings (SSSR count). The fraction of sp³-hybridized carbons (Fsp3) is 0.588. The van der Waals surface area contributed by atoms with Gasteiger partial charge in [0.15, 0.2) is 0 Å². The molecular formula is C17H24N2. The molecule has 1 saturated heterocycles. The lowest BCUT2D eigenvalue weighted by Gasteiger charge is -2.18. The third kappa shape index (κ3) is 3.37. The van der Waals surface area contributed by atoms with E-state index in [1.54, 1.807) is 0 Å². The predicted octanol–water partition coefficient (Wildman–Crippen LogP) is 4.04. The van der Waals surface area contributed by atoms with Crippen LogP contribution in [0.3, 0.4) is 0 Å². The number of rotatable bonds is 3. The highest BCUT2D eigenvalue weighted by Crippen LogP contribution is 2.21. The number of nitrogens with zero attached hydrogens (tertiary/aromatic N) is 2. The molecule has 1 aliphatic heterocycles. The largest absolute Gasteiger partial charge is 0.372 e. The standard InChI is InChI=1S/C17H24N2/c1-2-6-16(7-3-1)18-14-15-8-10-17(11-9-15)19-12-4-5-13-19/h8-11,14,16H,1-7,12-13H2. The van der Waals surface area contributed by atoms with Gasteiger partial charge in [-0.3, -0.25) is 4.99 Å². The molecule has 0 amide bonds. The van der Waals surface area contributed by atoms with Crippen LogP contribution in [-0.4, -0.2) is 25.3 Å². The first-order valence-corrected chi connectivity index (χ1v) is 7.80. The zero-order chi connectivity index (χ0) is 12.9. The quantitative estimate of drug-likeness (QED) is 0.745. The first-order chi connectivity index (χ1) is 9.42. The van der Waals surface area contributed by atoms with E-state index in [4.69, 9.17) is 4.99 Å². The number of anilines is 1. The van der Waals surface area contributed by atoms with Gasteiger partial charge in [0.25, 0.3) is 0 Å². The average molecular weight is 256 g/mol. The van der Waals surface area contributed by atoms with Gasteiger partial charge in [-0.25, -0.2) is 0 Å². The summed E-state index contributed by atoms with van der Waals surface area (Å²) in [5.41, 5.74) is 2.61. The highest BCUT2D eigenvalue weighted by atomic mass is 15.1. The fourth-order valence-electron chi connectivity index (χ4n) is 3.17. The van der Waals surface area contributed by atoms with E-state index in [0.717, 1.165) is 0 Å².